The summed E-state index contributed by atoms with van der Waals surface area (Å²) in [6.07, 6.45) is 3.34. The number of nitrogens with one attached hydrogen (secondary N) is 1. The summed E-state index contributed by atoms with van der Waals surface area (Å²) in [6.45, 7) is 1.76. The van der Waals surface area contributed by atoms with Gasteiger partial charge in [-0.15, -0.1) is 5.10 Å². The highest BCUT2D eigenvalue weighted by Gasteiger charge is 2.12. The van der Waals surface area contributed by atoms with E-state index in [-0.39, 0.29) is 11.7 Å². The third kappa shape index (κ3) is 5.34. The second kappa shape index (κ2) is 9.02. The molecule has 0 aliphatic carbocycles. The van der Waals surface area contributed by atoms with Crippen molar-refractivity contribution >= 4 is 23.6 Å². The summed E-state index contributed by atoms with van der Waals surface area (Å²) in [6, 6.07) is 7.97. The topological polar surface area (TPSA) is 110 Å². The monoisotopic (exact) mass is 349 g/mol. The van der Waals surface area contributed by atoms with Crippen LogP contribution in [-0.4, -0.2) is 49.5 Å². The zero-order valence-corrected chi connectivity index (χ0v) is 14.1. The number of tetrazole rings is 1. The molecule has 8 nitrogen and oxygen atoms in total. The first-order valence-electron chi connectivity index (χ1n) is 7.59. The highest BCUT2D eigenvalue weighted by atomic mass is 32.2. The van der Waals surface area contributed by atoms with E-state index in [4.69, 9.17) is 5.11 Å². The molecule has 0 radical (unpaired) electrons. The number of rotatable bonds is 9. The molecule has 2 rings (SSSR count). The van der Waals surface area contributed by atoms with Crippen LogP contribution in [0.2, 0.25) is 0 Å². The van der Waals surface area contributed by atoms with Crippen molar-refractivity contribution in [1.82, 2.24) is 25.5 Å². The van der Waals surface area contributed by atoms with E-state index in [1.807, 2.05) is 24.3 Å². The van der Waals surface area contributed by atoms with Gasteiger partial charge in [0.1, 0.15) is 6.54 Å². The van der Waals surface area contributed by atoms with E-state index in [1.165, 1.54) is 5.56 Å². The molecule has 0 saturated carbocycles. The Labute approximate surface area is 143 Å². The van der Waals surface area contributed by atoms with E-state index in [9.17, 15) is 9.59 Å². The first-order chi connectivity index (χ1) is 11.6. The average Bonchev–Trinajstić information content (AvgIpc) is 3.05. The number of hydrogen-bond acceptors (Lipinski definition) is 6. The molecule has 24 heavy (non-hydrogen) atoms. The Morgan fingerprint density at radius 3 is 2.71 bits per heavy atom. The molecule has 1 heterocycles. The Kier molecular flexibility index (Phi) is 6.74. The Bertz CT molecular complexity index is 687. The van der Waals surface area contributed by atoms with Gasteiger partial charge >= 0.3 is 5.97 Å². The molecule has 128 valence electrons. The maximum Gasteiger partial charge on any atom is 0.322 e. The number of nitrogens with zero attached hydrogens (tertiary/aromatic N) is 4. The molecule has 0 unspecified atom stereocenters. The summed E-state index contributed by atoms with van der Waals surface area (Å²) in [5.74, 6) is -1.42. The normalized spacial score (nSPS) is 10.5. The van der Waals surface area contributed by atoms with Crippen LogP contribution in [0.15, 0.2) is 29.4 Å². The number of carbonyl (C=O) groups is 2. The molecular formula is C15H19N5O3S. The molecule has 1 aromatic carbocycles. The van der Waals surface area contributed by atoms with Crippen LogP contribution in [0.1, 0.15) is 25.3 Å². The molecule has 0 bridgehead atoms. The summed E-state index contributed by atoms with van der Waals surface area (Å²) >= 11 is 1.15. The Morgan fingerprint density at radius 1 is 1.29 bits per heavy atom. The summed E-state index contributed by atoms with van der Waals surface area (Å²) in [5.41, 5.74) is 2.07. The van der Waals surface area contributed by atoms with Gasteiger partial charge in [0, 0.05) is 0 Å². The molecule has 1 aromatic heterocycles. The summed E-state index contributed by atoms with van der Waals surface area (Å²) in [5, 5.41) is 22.8. The van der Waals surface area contributed by atoms with Crippen LogP contribution in [0.5, 0.6) is 0 Å². The van der Waals surface area contributed by atoms with Crippen molar-refractivity contribution in [2.24, 2.45) is 0 Å². The van der Waals surface area contributed by atoms with E-state index in [1.54, 1.807) is 4.68 Å². The number of aromatic nitrogens is 4. The Morgan fingerprint density at radius 2 is 2.04 bits per heavy atom. The predicted octanol–water partition coefficient (Wildman–Crippen LogP) is 1.30. The average molecular weight is 349 g/mol. The second-order valence-electron chi connectivity index (χ2n) is 5.10. The molecule has 9 heteroatoms. The van der Waals surface area contributed by atoms with Crippen LogP contribution in [0.3, 0.4) is 0 Å². The minimum absolute atomic E-state index is 0.0439. The minimum Gasteiger partial charge on any atom is -0.480 e. The van der Waals surface area contributed by atoms with Crippen LogP contribution in [0.25, 0.3) is 5.69 Å². The van der Waals surface area contributed by atoms with Gasteiger partial charge in [-0.2, -0.15) is 4.68 Å². The largest absolute Gasteiger partial charge is 0.480 e. The maximum atomic E-state index is 11.6. The van der Waals surface area contributed by atoms with Crippen molar-refractivity contribution in [3.05, 3.63) is 29.8 Å². The van der Waals surface area contributed by atoms with Crippen LogP contribution in [0.4, 0.5) is 0 Å². The Hall–Kier alpha value is -2.42. The van der Waals surface area contributed by atoms with Crippen molar-refractivity contribution in [3.63, 3.8) is 0 Å². The van der Waals surface area contributed by atoms with Crippen LogP contribution in [0, 0.1) is 0 Å². The third-order valence-corrected chi connectivity index (χ3v) is 4.13. The number of carboxylic acid groups (broad SMARTS) is 1. The fourth-order valence-corrected chi connectivity index (χ4v) is 2.69. The van der Waals surface area contributed by atoms with Crippen molar-refractivity contribution in [2.75, 3.05) is 12.3 Å². The van der Waals surface area contributed by atoms with Crippen LogP contribution in [-0.2, 0) is 16.0 Å². The maximum absolute atomic E-state index is 11.6. The van der Waals surface area contributed by atoms with E-state index < -0.39 is 12.5 Å². The van der Waals surface area contributed by atoms with Crippen LogP contribution >= 0.6 is 11.8 Å². The number of unbranched alkanes of at least 4 members (excludes halogenated alkanes) is 1. The van der Waals surface area contributed by atoms with Crippen molar-refractivity contribution < 1.29 is 14.7 Å². The van der Waals surface area contributed by atoms with Gasteiger partial charge in [0.05, 0.1) is 11.4 Å². The van der Waals surface area contributed by atoms with Crippen molar-refractivity contribution in [3.8, 4) is 5.69 Å². The quantitative estimate of drug-likeness (QED) is 0.657. The number of amides is 1. The van der Waals surface area contributed by atoms with E-state index in [0.717, 1.165) is 36.7 Å². The molecule has 0 aliphatic rings. The zero-order chi connectivity index (χ0) is 17.4. The van der Waals surface area contributed by atoms with Crippen molar-refractivity contribution in [1.29, 1.82) is 0 Å². The van der Waals surface area contributed by atoms with Gasteiger partial charge in [0.25, 0.3) is 0 Å². The second-order valence-corrected chi connectivity index (χ2v) is 6.04. The fraction of sp³-hybridized carbons (Fsp3) is 0.400. The number of thioether (sulfide) groups is 1. The lowest BCUT2D eigenvalue weighted by atomic mass is 10.1. The molecule has 2 N–H and O–H groups in total. The van der Waals surface area contributed by atoms with Gasteiger partial charge in [0.2, 0.25) is 11.1 Å². The number of hydrogen-bond donors (Lipinski definition) is 2. The van der Waals surface area contributed by atoms with Gasteiger partial charge in [-0.1, -0.05) is 37.2 Å². The fourth-order valence-electron chi connectivity index (χ4n) is 1.97. The highest BCUT2D eigenvalue weighted by molar-refractivity contribution is 7.99. The number of carboxylic acids is 1. The molecular weight excluding hydrogens is 330 g/mol. The summed E-state index contributed by atoms with van der Waals surface area (Å²) in [4.78, 5) is 22.0. The molecule has 0 atom stereocenters. The first-order valence-corrected chi connectivity index (χ1v) is 8.57. The summed E-state index contributed by atoms with van der Waals surface area (Å²) < 4.78 is 1.55. The molecule has 0 spiro atoms. The number of benzene rings is 1. The molecule has 1 amide bonds. The van der Waals surface area contributed by atoms with E-state index >= 15 is 0 Å². The van der Waals surface area contributed by atoms with Gasteiger partial charge in [-0.25, -0.2) is 0 Å². The van der Waals surface area contributed by atoms with Crippen molar-refractivity contribution in [2.45, 2.75) is 31.3 Å². The minimum atomic E-state index is -1.08. The first kappa shape index (κ1) is 17.9. The standard InChI is InChI=1S/C15H19N5O3S/c1-2-3-4-11-5-7-12(8-6-11)20-15(17-18-19-20)24-10-13(21)16-9-14(22)23/h5-8H,2-4,9-10H2,1H3,(H,16,21)(H,22,23). The van der Waals surface area contributed by atoms with Gasteiger partial charge in [0.15, 0.2) is 0 Å². The molecule has 0 fully saturated rings. The molecule has 0 saturated heterocycles. The SMILES string of the molecule is CCCCc1ccc(-n2nnnc2SCC(=O)NCC(=O)O)cc1. The predicted molar refractivity (Wildman–Crippen MR) is 89.1 cm³/mol. The lowest BCUT2D eigenvalue weighted by Gasteiger charge is -2.06. The Balaban J connectivity index is 1.97. The highest BCUT2D eigenvalue weighted by Crippen LogP contribution is 2.18. The van der Waals surface area contributed by atoms with E-state index in [0.29, 0.717) is 5.16 Å². The van der Waals surface area contributed by atoms with Gasteiger partial charge < -0.3 is 10.4 Å². The third-order valence-electron chi connectivity index (χ3n) is 3.21. The molecule has 2 aromatic rings. The zero-order valence-electron chi connectivity index (χ0n) is 13.3. The lowest BCUT2D eigenvalue weighted by Crippen LogP contribution is -2.30. The number of aliphatic carboxylic acids is 1. The van der Waals surface area contributed by atoms with Gasteiger partial charge in [-0.05, 0) is 41.0 Å². The smallest absolute Gasteiger partial charge is 0.322 e. The number of carbonyl (C=O) groups excluding carboxylic acids is 1. The molecule has 0 aliphatic heterocycles. The van der Waals surface area contributed by atoms with E-state index in [2.05, 4.69) is 27.8 Å². The van der Waals surface area contributed by atoms with Crippen LogP contribution < -0.4 is 5.32 Å². The number of aryl methyl sites for hydroxylation is 1. The van der Waals surface area contributed by atoms with Gasteiger partial charge in [-0.3, -0.25) is 9.59 Å². The lowest BCUT2D eigenvalue weighted by molar-refractivity contribution is -0.137. The summed E-state index contributed by atoms with van der Waals surface area (Å²) in [7, 11) is 0.